The lowest BCUT2D eigenvalue weighted by molar-refractivity contribution is -0.134. The lowest BCUT2D eigenvalue weighted by atomic mass is 9.92. The highest BCUT2D eigenvalue weighted by Crippen LogP contribution is 2.56. The molecule has 0 radical (unpaired) electrons. The normalized spacial score (nSPS) is 20.9. The van der Waals surface area contributed by atoms with Crippen molar-refractivity contribution in [3.63, 3.8) is 0 Å². The van der Waals surface area contributed by atoms with Crippen molar-refractivity contribution in [1.82, 2.24) is 10.2 Å². The standard InChI is InChI=1S/C22H28N2O2S.ClH/c1-16(18-4-3-5-19(12-18)26-2)21(25)24(14-17-6-11-27-15-17)20-13-22(20)7-9-23-10-8-22;/h3-6,11-12,15-16,20,23H,7-10,13-14H2,1-2H3;1H. The third kappa shape index (κ3) is 4.22. The lowest BCUT2D eigenvalue weighted by Crippen LogP contribution is -2.40. The fraction of sp³-hybridized carbons (Fsp3) is 0.500. The summed E-state index contributed by atoms with van der Waals surface area (Å²) in [4.78, 5) is 15.7. The van der Waals surface area contributed by atoms with Crippen LogP contribution in [0.5, 0.6) is 5.75 Å². The molecule has 1 N–H and O–H groups in total. The Labute approximate surface area is 177 Å². The predicted octanol–water partition coefficient (Wildman–Crippen LogP) is 4.45. The van der Waals surface area contributed by atoms with Gasteiger partial charge in [-0.15, -0.1) is 12.4 Å². The molecule has 1 spiro atoms. The van der Waals surface area contributed by atoms with E-state index in [1.807, 2.05) is 31.2 Å². The van der Waals surface area contributed by atoms with Crippen molar-refractivity contribution in [3.05, 3.63) is 52.2 Å². The van der Waals surface area contributed by atoms with Crippen molar-refractivity contribution in [2.45, 2.75) is 44.7 Å². The number of amides is 1. The number of methoxy groups -OCH3 is 1. The van der Waals surface area contributed by atoms with Gasteiger partial charge < -0.3 is 15.0 Å². The molecule has 0 bridgehead atoms. The van der Waals surface area contributed by atoms with Crippen LogP contribution in [0, 0.1) is 5.41 Å². The van der Waals surface area contributed by atoms with Gasteiger partial charge >= 0.3 is 0 Å². The van der Waals surface area contributed by atoms with Crippen molar-refractivity contribution < 1.29 is 9.53 Å². The monoisotopic (exact) mass is 420 g/mol. The van der Waals surface area contributed by atoms with Crippen LogP contribution in [-0.4, -0.2) is 37.0 Å². The zero-order chi connectivity index (χ0) is 18.9. The average molecular weight is 421 g/mol. The Kier molecular flexibility index (Phi) is 6.69. The summed E-state index contributed by atoms with van der Waals surface area (Å²) >= 11 is 1.70. The SMILES string of the molecule is COc1cccc(C(C)C(=O)N(Cc2ccsc2)C2CC23CCNCC3)c1.Cl. The van der Waals surface area contributed by atoms with Crippen LogP contribution in [0.4, 0.5) is 0 Å². The summed E-state index contributed by atoms with van der Waals surface area (Å²) < 4.78 is 5.35. The number of nitrogens with zero attached hydrogens (tertiary/aromatic N) is 1. The Balaban J connectivity index is 0.00000225. The predicted molar refractivity (Wildman–Crippen MR) is 116 cm³/mol. The number of carbonyl (C=O) groups excluding carboxylic acids is 1. The van der Waals surface area contributed by atoms with Gasteiger partial charge in [0.15, 0.2) is 0 Å². The molecule has 4 nitrogen and oxygen atoms in total. The number of piperidine rings is 1. The summed E-state index contributed by atoms with van der Waals surface area (Å²) in [6.07, 6.45) is 3.51. The van der Waals surface area contributed by atoms with Gasteiger partial charge in [-0.25, -0.2) is 0 Å². The Morgan fingerprint density at radius 1 is 1.36 bits per heavy atom. The van der Waals surface area contributed by atoms with E-state index in [4.69, 9.17) is 4.74 Å². The first-order valence-electron chi connectivity index (χ1n) is 9.79. The number of hydrogen-bond donors (Lipinski definition) is 1. The molecule has 152 valence electrons. The number of thiophene rings is 1. The minimum atomic E-state index is -0.168. The summed E-state index contributed by atoms with van der Waals surface area (Å²) in [5, 5.41) is 7.71. The highest BCUT2D eigenvalue weighted by molar-refractivity contribution is 7.07. The fourth-order valence-corrected chi connectivity index (χ4v) is 5.11. The van der Waals surface area contributed by atoms with E-state index in [9.17, 15) is 4.79 Å². The second kappa shape index (κ2) is 8.85. The van der Waals surface area contributed by atoms with Crippen LogP contribution in [0.2, 0.25) is 0 Å². The third-order valence-corrected chi connectivity index (χ3v) is 7.03. The first-order valence-corrected chi connectivity index (χ1v) is 10.7. The molecule has 2 aromatic rings. The highest BCUT2D eigenvalue weighted by atomic mass is 35.5. The number of halogens is 1. The number of rotatable bonds is 6. The van der Waals surface area contributed by atoms with Crippen LogP contribution in [0.3, 0.4) is 0 Å². The number of carbonyl (C=O) groups is 1. The molecule has 4 rings (SSSR count). The lowest BCUT2D eigenvalue weighted by Gasteiger charge is -2.31. The van der Waals surface area contributed by atoms with E-state index in [2.05, 4.69) is 27.0 Å². The van der Waals surface area contributed by atoms with Crippen LogP contribution in [0.25, 0.3) is 0 Å². The summed E-state index contributed by atoms with van der Waals surface area (Å²) in [5.41, 5.74) is 2.60. The molecule has 1 saturated carbocycles. The van der Waals surface area contributed by atoms with Crippen molar-refractivity contribution in [2.24, 2.45) is 5.41 Å². The van der Waals surface area contributed by atoms with Crippen molar-refractivity contribution >= 4 is 29.7 Å². The van der Waals surface area contributed by atoms with Gasteiger partial charge in [-0.2, -0.15) is 11.3 Å². The molecule has 28 heavy (non-hydrogen) atoms. The number of ether oxygens (including phenoxy) is 1. The van der Waals surface area contributed by atoms with E-state index in [1.165, 1.54) is 18.4 Å². The van der Waals surface area contributed by atoms with Crippen LogP contribution in [0.1, 0.15) is 43.2 Å². The molecule has 1 aromatic carbocycles. The van der Waals surface area contributed by atoms with Crippen LogP contribution < -0.4 is 10.1 Å². The number of benzene rings is 1. The fourth-order valence-electron chi connectivity index (χ4n) is 4.45. The van der Waals surface area contributed by atoms with Gasteiger partial charge in [-0.3, -0.25) is 4.79 Å². The topological polar surface area (TPSA) is 41.6 Å². The molecule has 1 saturated heterocycles. The Morgan fingerprint density at radius 3 is 2.82 bits per heavy atom. The van der Waals surface area contributed by atoms with Crippen LogP contribution in [0.15, 0.2) is 41.1 Å². The molecule has 2 unspecified atom stereocenters. The first kappa shape index (κ1) is 21.2. The maximum Gasteiger partial charge on any atom is 0.230 e. The molecule has 2 atom stereocenters. The zero-order valence-corrected chi connectivity index (χ0v) is 18.2. The van der Waals surface area contributed by atoms with E-state index in [-0.39, 0.29) is 24.2 Å². The molecule has 2 aliphatic rings. The Morgan fingerprint density at radius 2 is 2.14 bits per heavy atom. The minimum Gasteiger partial charge on any atom is -0.497 e. The van der Waals surface area contributed by atoms with Crippen LogP contribution >= 0.6 is 23.7 Å². The number of nitrogens with one attached hydrogen (secondary N) is 1. The van der Waals surface area contributed by atoms with Gasteiger partial charge in [-0.05, 0) is 84.8 Å². The molecule has 1 aromatic heterocycles. The molecule has 1 amide bonds. The van der Waals surface area contributed by atoms with Gasteiger partial charge in [0.1, 0.15) is 5.75 Å². The molecule has 6 heteroatoms. The Bertz CT molecular complexity index is 790. The summed E-state index contributed by atoms with van der Waals surface area (Å²) in [7, 11) is 1.67. The van der Waals surface area contributed by atoms with Gasteiger partial charge in [0.25, 0.3) is 0 Å². The van der Waals surface area contributed by atoms with Crippen LogP contribution in [-0.2, 0) is 11.3 Å². The molecule has 2 fully saturated rings. The van der Waals surface area contributed by atoms with Crippen molar-refractivity contribution in [2.75, 3.05) is 20.2 Å². The molecular formula is C22H29ClN2O2S. The smallest absolute Gasteiger partial charge is 0.230 e. The van der Waals surface area contributed by atoms with Gasteiger partial charge in [0.2, 0.25) is 5.91 Å². The second-order valence-corrected chi connectivity index (χ2v) is 8.71. The Hall–Kier alpha value is -1.56. The zero-order valence-electron chi connectivity index (χ0n) is 16.5. The second-order valence-electron chi connectivity index (χ2n) is 7.93. The quantitative estimate of drug-likeness (QED) is 0.750. The third-order valence-electron chi connectivity index (χ3n) is 6.30. The van der Waals surface area contributed by atoms with Crippen molar-refractivity contribution in [1.29, 1.82) is 0 Å². The summed E-state index contributed by atoms with van der Waals surface area (Å²) in [6, 6.07) is 10.4. The maximum atomic E-state index is 13.5. The summed E-state index contributed by atoms with van der Waals surface area (Å²) in [5.74, 6) is 0.866. The van der Waals surface area contributed by atoms with E-state index in [0.29, 0.717) is 11.5 Å². The van der Waals surface area contributed by atoms with E-state index in [1.54, 1.807) is 18.4 Å². The number of hydrogen-bond acceptors (Lipinski definition) is 4. The van der Waals surface area contributed by atoms with E-state index in [0.717, 1.165) is 37.4 Å². The van der Waals surface area contributed by atoms with Gasteiger partial charge in [-0.1, -0.05) is 12.1 Å². The average Bonchev–Trinajstić information content (AvgIpc) is 3.14. The summed E-state index contributed by atoms with van der Waals surface area (Å²) in [6.45, 7) is 4.89. The maximum absolute atomic E-state index is 13.5. The molecule has 1 aliphatic carbocycles. The van der Waals surface area contributed by atoms with Gasteiger partial charge in [0.05, 0.1) is 13.0 Å². The van der Waals surface area contributed by atoms with E-state index >= 15 is 0 Å². The van der Waals surface area contributed by atoms with E-state index < -0.39 is 0 Å². The molecule has 1 aliphatic heterocycles. The first-order chi connectivity index (χ1) is 13.1. The largest absolute Gasteiger partial charge is 0.497 e. The highest BCUT2D eigenvalue weighted by Gasteiger charge is 2.58. The molecule has 2 heterocycles. The van der Waals surface area contributed by atoms with Crippen molar-refractivity contribution in [3.8, 4) is 5.75 Å². The van der Waals surface area contributed by atoms with Gasteiger partial charge in [0, 0.05) is 12.6 Å². The minimum absolute atomic E-state index is 0. The molecular weight excluding hydrogens is 392 g/mol.